The number of rotatable bonds is 7. The number of pyridine rings is 2. The fraction of sp³-hybridized carbons (Fsp3) is 0. The first-order valence-corrected chi connectivity index (χ1v) is 17.8. The Morgan fingerprint density at radius 2 is 1.04 bits per heavy atom. The van der Waals surface area contributed by atoms with Gasteiger partial charge in [-0.15, -0.1) is 0 Å². The van der Waals surface area contributed by atoms with E-state index in [1.165, 1.54) is 27.2 Å². The largest absolute Gasteiger partial charge is 0.316 e. The van der Waals surface area contributed by atoms with Crippen molar-refractivity contribution >= 4 is 49.8 Å². The van der Waals surface area contributed by atoms with Crippen LogP contribution in [0.25, 0.3) is 66.5 Å². The number of hydrogen-bond donors (Lipinski definition) is 0. The lowest BCUT2D eigenvalue weighted by atomic mass is 10.0. The molecule has 4 aromatic heterocycles. The van der Waals surface area contributed by atoms with Crippen molar-refractivity contribution in [3.8, 4) is 33.8 Å². The Balaban J connectivity index is 1.17. The van der Waals surface area contributed by atoms with E-state index in [2.05, 4.69) is 176 Å². The molecule has 0 bridgehead atoms. The summed E-state index contributed by atoms with van der Waals surface area (Å²) in [5.74, 6) is 0. The van der Waals surface area contributed by atoms with E-state index in [-0.39, 0.29) is 0 Å². The number of para-hydroxylation sites is 2. The zero-order valence-electron chi connectivity index (χ0n) is 28.8. The van der Waals surface area contributed by atoms with Crippen molar-refractivity contribution in [1.82, 2.24) is 19.1 Å². The van der Waals surface area contributed by atoms with Crippen LogP contribution in [0.4, 0.5) is 17.1 Å². The first kappa shape index (κ1) is 30.6. The molecule has 0 saturated carbocycles. The van der Waals surface area contributed by atoms with Gasteiger partial charge in [-0.25, -0.2) is 0 Å². The molecule has 10 aromatic rings. The van der Waals surface area contributed by atoms with E-state index in [4.69, 9.17) is 0 Å². The SMILES string of the molecule is c1ccc(-n2ccc3cc4c5cc(N(c6ccc(-c7ccncc7)cc6)c6ccc(-c7ccccn7)cc6)ccc5n(-c5ccccc5)c4cc32)cc1. The summed E-state index contributed by atoms with van der Waals surface area (Å²) in [4.78, 5) is 11.1. The third-order valence-corrected chi connectivity index (χ3v) is 10.1. The fourth-order valence-electron chi connectivity index (χ4n) is 7.55. The number of nitrogens with zero attached hydrogens (tertiary/aromatic N) is 5. The summed E-state index contributed by atoms with van der Waals surface area (Å²) in [5.41, 5.74) is 13.3. The van der Waals surface area contributed by atoms with Crippen molar-refractivity contribution in [1.29, 1.82) is 0 Å². The van der Waals surface area contributed by atoms with Gasteiger partial charge in [0, 0.05) is 74.9 Å². The lowest BCUT2D eigenvalue weighted by molar-refractivity contribution is 1.12. The molecule has 0 amide bonds. The first-order chi connectivity index (χ1) is 26.3. The van der Waals surface area contributed by atoms with Gasteiger partial charge in [-0.3, -0.25) is 9.97 Å². The summed E-state index contributed by atoms with van der Waals surface area (Å²) < 4.78 is 4.67. The summed E-state index contributed by atoms with van der Waals surface area (Å²) in [6.07, 6.45) is 7.69. The fourth-order valence-corrected chi connectivity index (χ4v) is 7.55. The maximum Gasteiger partial charge on any atom is 0.0701 e. The van der Waals surface area contributed by atoms with Crippen LogP contribution in [-0.2, 0) is 0 Å². The van der Waals surface area contributed by atoms with Gasteiger partial charge in [0.15, 0.2) is 0 Å². The molecule has 0 aliphatic heterocycles. The molecule has 53 heavy (non-hydrogen) atoms. The lowest BCUT2D eigenvalue weighted by Gasteiger charge is -2.26. The minimum Gasteiger partial charge on any atom is -0.316 e. The van der Waals surface area contributed by atoms with Crippen molar-refractivity contribution < 1.29 is 0 Å². The van der Waals surface area contributed by atoms with Crippen molar-refractivity contribution in [2.75, 3.05) is 4.90 Å². The molecule has 10 rings (SSSR count). The van der Waals surface area contributed by atoms with E-state index in [1.54, 1.807) is 0 Å². The average Bonchev–Trinajstić information content (AvgIpc) is 3.80. The molecule has 0 unspecified atom stereocenters. The molecule has 0 aliphatic carbocycles. The minimum absolute atomic E-state index is 0.954. The zero-order valence-corrected chi connectivity index (χ0v) is 28.8. The van der Waals surface area contributed by atoms with Crippen LogP contribution in [0.15, 0.2) is 201 Å². The molecule has 0 N–H and O–H groups in total. The molecule has 0 saturated heterocycles. The Morgan fingerprint density at radius 3 is 1.74 bits per heavy atom. The highest BCUT2D eigenvalue weighted by molar-refractivity contribution is 6.14. The van der Waals surface area contributed by atoms with E-state index in [9.17, 15) is 0 Å². The van der Waals surface area contributed by atoms with Crippen LogP contribution >= 0.6 is 0 Å². The second kappa shape index (κ2) is 12.8. The number of hydrogen-bond acceptors (Lipinski definition) is 3. The van der Waals surface area contributed by atoms with Crippen molar-refractivity contribution in [2.45, 2.75) is 0 Å². The second-order valence-corrected chi connectivity index (χ2v) is 13.2. The molecule has 250 valence electrons. The quantitative estimate of drug-likeness (QED) is 0.168. The van der Waals surface area contributed by atoms with Crippen LogP contribution in [-0.4, -0.2) is 19.1 Å². The predicted molar refractivity (Wildman–Crippen MR) is 219 cm³/mol. The van der Waals surface area contributed by atoms with Crippen LogP contribution < -0.4 is 4.90 Å². The molecule has 0 fully saturated rings. The van der Waals surface area contributed by atoms with E-state index in [0.717, 1.165) is 56.3 Å². The van der Waals surface area contributed by atoms with Gasteiger partial charge in [-0.2, -0.15) is 0 Å². The molecule has 0 aliphatic rings. The van der Waals surface area contributed by atoms with Gasteiger partial charge in [0.1, 0.15) is 0 Å². The number of anilines is 3. The summed E-state index contributed by atoms with van der Waals surface area (Å²) >= 11 is 0. The summed E-state index contributed by atoms with van der Waals surface area (Å²) in [5, 5.41) is 3.61. The summed E-state index contributed by atoms with van der Waals surface area (Å²) in [6, 6.07) is 62.6. The van der Waals surface area contributed by atoms with Gasteiger partial charge in [0.05, 0.1) is 22.2 Å². The Morgan fingerprint density at radius 1 is 0.415 bits per heavy atom. The molecule has 0 radical (unpaired) electrons. The minimum atomic E-state index is 0.954. The van der Waals surface area contributed by atoms with Crippen molar-refractivity contribution in [3.63, 3.8) is 0 Å². The maximum absolute atomic E-state index is 4.59. The third kappa shape index (κ3) is 5.43. The lowest BCUT2D eigenvalue weighted by Crippen LogP contribution is -2.10. The monoisotopic (exact) mass is 679 g/mol. The van der Waals surface area contributed by atoms with Crippen LogP contribution in [0.1, 0.15) is 0 Å². The first-order valence-electron chi connectivity index (χ1n) is 17.8. The molecule has 4 heterocycles. The average molecular weight is 680 g/mol. The number of aromatic nitrogens is 4. The number of fused-ring (bicyclic) bond motifs is 4. The van der Waals surface area contributed by atoms with Gasteiger partial charge in [0.25, 0.3) is 0 Å². The molecule has 5 heteroatoms. The Hall–Kier alpha value is -7.24. The highest BCUT2D eigenvalue weighted by atomic mass is 15.1. The predicted octanol–water partition coefficient (Wildman–Crippen LogP) is 12.3. The molecule has 5 nitrogen and oxygen atoms in total. The van der Waals surface area contributed by atoms with E-state index < -0.39 is 0 Å². The van der Waals surface area contributed by atoms with Crippen molar-refractivity contribution in [2.24, 2.45) is 0 Å². The maximum atomic E-state index is 4.59. The topological polar surface area (TPSA) is 38.9 Å². The Bertz CT molecular complexity index is 2760. The van der Waals surface area contributed by atoms with Gasteiger partial charge in [0.2, 0.25) is 0 Å². The molecule has 0 atom stereocenters. The Kier molecular flexibility index (Phi) is 7.40. The zero-order chi connectivity index (χ0) is 35.1. The van der Waals surface area contributed by atoms with Crippen molar-refractivity contribution in [3.05, 3.63) is 201 Å². The third-order valence-electron chi connectivity index (χ3n) is 10.1. The molecular weight excluding hydrogens is 647 g/mol. The molecule has 0 spiro atoms. The van der Waals surface area contributed by atoms with E-state index >= 15 is 0 Å². The van der Waals surface area contributed by atoms with Gasteiger partial charge in [-0.1, -0.05) is 66.7 Å². The molecule has 6 aromatic carbocycles. The number of benzene rings is 6. The Labute approximate surface area is 307 Å². The summed E-state index contributed by atoms with van der Waals surface area (Å²) in [7, 11) is 0. The molecular formula is C48H33N5. The highest BCUT2D eigenvalue weighted by Gasteiger charge is 2.19. The second-order valence-electron chi connectivity index (χ2n) is 13.2. The van der Waals surface area contributed by atoms with Gasteiger partial charge >= 0.3 is 0 Å². The normalized spacial score (nSPS) is 11.4. The van der Waals surface area contributed by atoms with Crippen LogP contribution in [0.3, 0.4) is 0 Å². The summed E-state index contributed by atoms with van der Waals surface area (Å²) in [6.45, 7) is 0. The smallest absolute Gasteiger partial charge is 0.0701 e. The van der Waals surface area contributed by atoms with Gasteiger partial charge < -0.3 is 14.0 Å². The van der Waals surface area contributed by atoms with Crippen LogP contribution in [0.5, 0.6) is 0 Å². The van der Waals surface area contributed by atoms with E-state index in [1.807, 2.05) is 48.9 Å². The van der Waals surface area contributed by atoms with E-state index in [0.29, 0.717) is 0 Å². The van der Waals surface area contributed by atoms with Crippen LogP contribution in [0, 0.1) is 0 Å². The standard InChI is InChI=1S/C48H33N5/c1-3-9-38(10-4-1)51-30-26-37-31-43-44-32-42(22-23-46(44)53(48(43)33-47(37)51)39-11-5-2-6-12-39)52(40-18-14-34(15-19-40)35-24-28-49-29-25-35)41-20-16-36(17-21-41)45-13-7-8-27-50-45/h1-33H. The van der Waals surface area contributed by atoms with Crippen LogP contribution in [0.2, 0.25) is 0 Å². The highest BCUT2D eigenvalue weighted by Crippen LogP contribution is 2.42. The van der Waals surface area contributed by atoms with Gasteiger partial charge in [-0.05, 0) is 120 Å².